The van der Waals surface area contributed by atoms with Crippen LogP contribution >= 0.6 is 23.6 Å². The van der Waals surface area contributed by atoms with Gasteiger partial charge in [0.2, 0.25) is 16.5 Å². The molecule has 0 amide bonds. The van der Waals surface area contributed by atoms with Gasteiger partial charge in [-0.25, -0.2) is 9.07 Å². The molecule has 0 bridgehead atoms. The molecule has 1 N–H and O–H groups in total. The highest BCUT2D eigenvalue weighted by Gasteiger charge is 2.26. The van der Waals surface area contributed by atoms with E-state index in [2.05, 4.69) is 25.1 Å². The van der Waals surface area contributed by atoms with Gasteiger partial charge < -0.3 is 4.52 Å². The summed E-state index contributed by atoms with van der Waals surface area (Å²) in [5, 5.41) is 9.37. The van der Waals surface area contributed by atoms with Gasteiger partial charge in [0.25, 0.3) is 0 Å². The Labute approximate surface area is 181 Å². The zero-order valence-electron chi connectivity index (χ0n) is 16.0. The SMILES string of the molecule is Fc1cccc(-c2noc(C3CCCN(Cn4[nH]c(-c5cccs5)nc4=S)C3)n2)c1. The van der Waals surface area contributed by atoms with E-state index in [1.54, 1.807) is 23.5 Å². The number of aromatic nitrogens is 5. The molecule has 0 spiro atoms. The largest absolute Gasteiger partial charge is 0.339 e. The zero-order valence-corrected chi connectivity index (χ0v) is 17.6. The lowest BCUT2D eigenvalue weighted by Gasteiger charge is -2.30. The first kappa shape index (κ1) is 19.3. The summed E-state index contributed by atoms with van der Waals surface area (Å²) >= 11 is 7.06. The Bertz CT molecular complexity index is 1200. The number of thiophene rings is 1. The maximum Gasteiger partial charge on any atom is 0.231 e. The Kier molecular flexibility index (Phi) is 5.28. The fourth-order valence-corrected chi connectivity index (χ4v) is 4.57. The van der Waals surface area contributed by atoms with Crippen LogP contribution in [0.4, 0.5) is 4.39 Å². The van der Waals surface area contributed by atoms with E-state index in [9.17, 15) is 4.39 Å². The molecule has 1 aliphatic rings. The van der Waals surface area contributed by atoms with Gasteiger partial charge in [-0.3, -0.25) is 10.00 Å². The van der Waals surface area contributed by atoms with Crippen molar-refractivity contribution >= 4 is 23.6 Å². The molecule has 1 unspecified atom stereocenters. The molecule has 0 radical (unpaired) electrons. The van der Waals surface area contributed by atoms with E-state index in [0.717, 1.165) is 36.6 Å². The predicted molar refractivity (Wildman–Crippen MR) is 114 cm³/mol. The second-order valence-corrected chi connectivity index (χ2v) is 8.60. The molecular formula is C20H19FN6OS2. The minimum atomic E-state index is -0.319. The van der Waals surface area contributed by atoms with Gasteiger partial charge in [0.05, 0.1) is 17.5 Å². The number of hydrogen-bond acceptors (Lipinski definition) is 7. The normalized spacial score (nSPS) is 17.4. The molecule has 30 heavy (non-hydrogen) atoms. The predicted octanol–water partition coefficient (Wildman–Crippen LogP) is 4.70. The minimum Gasteiger partial charge on any atom is -0.339 e. The van der Waals surface area contributed by atoms with Crippen LogP contribution in [0.1, 0.15) is 24.7 Å². The summed E-state index contributed by atoms with van der Waals surface area (Å²) in [7, 11) is 0. The summed E-state index contributed by atoms with van der Waals surface area (Å²) in [4.78, 5) is 12.4. The van der Waals surface area contributed by atoms with Crippen molar-refractivity contribution in [2.45, 2.75) is 25.4 Å². The first-order valence-corrected chi connectivity index (χ1v) is 11.0. The molecule has 154 valence electrons. The van der Waals surface area contributed by atoms with Crippen molar-refractivity contribution in [1.82, 2.24) is 29.8 Å². The van der Waals surface area contributed by atoms with Crippen LogP contribution in [0.15, 0.2) is 46.3 Å². The van der Waals surface area contributed by atoms with E-state index in [0.29, 0.717) is 28.7 Å². The number of H-pyrrole nitrogens is 1. The van der Waals surface area contributed by atoms with Crippen LogP contribution in [-0.2, 0) is 6.67 Å². The van der Waals surface area contributed by atoms with Gasteiger partial charge in [-0.1, -0.05) is 23.4 Å². The Balaban J connectivity index is 1.29. The van der Waals surface area contributed by atoms with Crippen LogP contribution in [0.25, 0.3) is 22.1 Å². The summed E-state index contributed by atoms with van der Waals surface area (Å²) in [5.74, 6) is 1.60. The van der Waals surface area contributed by atoms with Crippen molar-refractivity contribution in [2.24, 2.45) is 0 Å². The standard InChI is InChI=1S/C20H19FN6OS2/c21-15-6-1-4-13(10-15)17-22-19(28-25-17)14-5-2-8-26(11-14)12-27-20(29)23-18(24-27)16-7-3-9-30-16/h1,3-4,6-7,9-10,14H,2,5,8,11-12H2,(H,23,24,29). The number of rotatable bonds is 5. The smallest absolute Gasteiger partial charge is 0.231 e. The van der Waals surface area contributed by atoms with Crippen molar-refractivity contribution in [3.8, 4) is 22.1 Å². The topological polar surface area (TPSA) is 75.8 Å². The molecule has 1 aromatic carbocycles. The quantitative estimate of drug-likeness (QED) is 0.452. The van der Waals surface area contributed by atoms with Gasteiger partial charge in [0.15, 0.2) is 5.82 Å². The molecule has 1 atom stereocenters. The van der Waals surface area contributed by atoms with E-state index >= 15 is 0 Å². The summed E-state index contributed by atoms with van der Waals surface area (Å²) in [6.45, 7) is 2.36. The molecule has 0 aliphatic carbocycles. The molecule has 1 saturated heterocycles. The average Bonchev–Trinajstić information content (AvgIpc) is 3.50. The highest BCUT2D eigenvalue weighted by atomic mass is 32.1. The lowest BCUT2D eigenvalue weighted by molar-refractivity contribution is 0.143. The molecule has 5 rings (SSSR count). The van der Waals surface area contributed by atoms with E-state index in [1.165, 1.54) is 12.1 Å². The Morgan fingerprint density at radius 2 is 2.20 bits per heavy atom. The first-order valence-electron chi connectivity index (χ1n) is 9.68. The van der Waals surface area contributed by atoms with E-state index in [1.807, 2.05) is 22.2 Å². The Hall–Kier alpha value is -2.69. The molecule has 0 saturated carbocycles. The Morgan fingerprint density at radius 1 is 1.27 bits per heavy atom. The number of halogens is 1. The molecule has 4 heterocycles. The van der Waals surface area contributed by atoms with E-state index in [4.69, 9.17) is 16.7 Å². The molecule has 1 aliphatic heterocycles. The van der Waals surface area contributed by atoms with E-state index < -0.39 is 0 Å². The van der Waals surface area contributed by atoms with Gasteiger partial charge in [-0.15, -0.1) is 11.3 Å². The molecule has 7 nitrogen and oxygen atoms in total. The highest BCUT2D eigenvalue weighted by molar-refractivity contribution is 7.71. The lowest BCUT2D eigenvalue weighted by Crippen LogP contribution is -2.36. The summed E-state index contributed by atoms with van der Waals surface area (Å²) in [6, 6.07) is 10.2. The van der Waals surface area contributed by atoms with Crippen LogP contribution in [0.2, 0.25) is 0 Å². The molecular weight excluding hydrogens is 423 g/mol. The lowest BCUT2D eigenvalue weighted by atomic mass is 9.98. The number of likely N-dealkylation sites (tertiary alicyclic amines) is 1. The van der Waals surface area contributed by atoms with Crippen LogP contribution in [0.5, 0.6) is 0 Å². The first-order chi connectivity index (χ1) is 14.7. The van der Waals surface area contributed by atoms with Crippen LogP contribution < -0.4 is 0 Å². The van der Waals surface area contributed by atoms with Crippen molar-refractivity contribution in [1.29, 1.82) is 0 Å². The fourth-order valence-electron chi connectivity index (χ4n) is 3.71. The van der Waals surface area contributed by atoms with Gasteiger partial charge in [0.1, 0.15) is 5.82 Å². The fraction of sp³-hybridized carbons (Fsp3) is 0.300. The maximum absolute atomic E-state index is 13.5. The molecule has 1 fully saturated rings. The summed E-state index contributed by atoms with van der Waals surface area (Å²) < 4.78 is 21.4. The van der Waals surface area contributed by atoms with Gasteiger partial charge in [0, 0.05) is 12.1 Å². The van der Waals surface area contributed by atoms with Crippen molar-refractivity contribution < 1.29 is 8.91 Å². The number of hydrogen-bond donors (Lipinski definition) is 1. The van der Waals surface area contributed by atoms with Crippen molar-refractivity contribution in [3.05, 3.63) is 58.3 Å². The molecule has 3 aromatic heterocycles. The van der Waals surface area contributed by atoms with Gasteiger partial charge >= 0.3 is 0 Å². The number of aromatic amines is 1. The number of nitrogens with one attached hydrogen (secondary N) is 1. The average molecular weight is 443 g/mol. The maximum atomic E-state index is 13.5. The number of piperidine rings is 1. The number of nitrogens with zero attached hydrogens (tertiary/aromatic N) is 5. The summed E-state index contributed by atoms with van der Waals surface area (Å²) in [5.41, 5.74) is 0.613. The zero-order chi connectivity index (χ0) is 20.5. The van der Waals surface area contributed by atoms with Gasteiger partial charge in [-0.05, 0) is 55.2 Å². The molecule has 4 aromatic rings. The van der Waals surface area contributed by atoms with Crippen LogP contribution in [0, 0.1) is 10.6 Å². The van der Waals surface area contributed by atoms with Crippen LogP contribution in [-0.4, -0.2) is 42.9 Å². The second kappa shape index (κ2) is 8.21. The third-order valence-corrected chi connectivity index (χ3v) is 6.34. The monoisotopic (exact) mass is 442 g/mol. The van der Waals surface area contributed by atoms with Crippen molar-refractivity contribution in [3.63, 3.8) is 0 Å². The van der Waals surface area contributed by atoms with E-state index in [-0.39, 0.29) is 11.7 Å². The van der Waals surface area contributed by atoms with Crippen molar-refractivity contribution in [2.75, 3.05) is 13.1 Å². The third-order valence-electron chi connectivity index (χ3n) is 5.15. The number of benzene rings is 1. The summed E-state index contributed by atoms with van der Waals surface area (Å²) in [6.07, 6.45) is 1.98. The molecule has 10 heteroatoms. The Morgan fingerprint density at radius 3 is 3.03 bits per heavy atom. The minimum absolute atomic E-state index is 0.127. The highest BCUT2D eigenvalue weighted by Crippen LogP contribution is 2.28. The van der Waals surface area contributed by atoms with Crippen LogP contribution in [0.3, 0.4) is 0 Å². The second-order valence-electron chi connectivity index (χ2n) is 7.28. The third kappa shape index (κ3) is 3.98. The van der Waals surface area contributed by atoms with Gasteiger partial charge in [-0.2, -0.15) is 9.97 Å².